The summed E-state index contributed by atoms with van der Waals surface area (Å²) in [5.41, 5.74) is 1.62. The number of sulfonamides is 2. The van der Waals surface area contributed by atoms with Crippen molar-refractivity contribution in [1.29, 1.82) is 0 Å². The molecule has 2 aromatic carbocycles. The van der Waals surface area contributed by atoms with Gasteiger partial charge in [0, 0.05) is 13.1 Å². The molecule has 0 saturated carbocycles. The zero-order valence-corrected chi connectivity index (χ0v) is 18.4. The molecule has 3 aromatic rings. The van der Waals surface area contributed by atoms with Crippen molar-refractivity contribution in [3.8, 4) is 5.69 Å². The largest absolute Gasteiger partial charge is 0.279 e. The van der Waals surface area contributed by atoms with E-state index in [1.807, 2.05) is 0 Å². The average molecular weight is 451 g/mol. The Labute approximate surface area is 175 Å². The second kappa shape index (κ2) is 8.50. The topological polar surface area (TPSA) is 127 Å². The number of rotatable bonds is 8. The Kier molecular flexibility index (Phi) is 6.19. The van der Waals surface area contributed by atoms with Crippen LogP contribution < -0.4 is 4.72 Å². The highest BCUT2D eigenvalue weighted by atomic mass is 32.2. The quantitative estimate of drug-likeness (QED) is 0.554. The molecule has 0 aliphatic heterocycles. The molecule has 0 atom stereocenters. The van der Waals surface area contributed by atoms with Gasteiger partial charge in [-0.3, -0.25) is 4.72 Å². The van der Waals surface area contributed by atoms with Crippen molar-refractivity contribution in [2.75, 3.05) is 17.8 Å². The Balaban J connectivity index is 1.90. The minimum atomic E-state index is -3.93. The monoisotopic (exact) mass is 450 g/mol. The van der Waals surface area contributed by atoms with Gasteiger partial charge < -0.3 is 0 Å². The van der Waals surface area contributed by atoms with E-state index in [1.165, 1.54) is 39.6 Å². The molecule has 0 radical (unpaired) electrons. The van der Waals surface area contributed by atoms with E-state index in [9.17, 15) is 16.8 Å². The summed E-state index contributed by atoms with van der Waals surface area (Å²) in [6.07, 6.45) is 1.41. The van der Waals surface area contributed by atoms with Gasteiger partial charge in [-0.2, -0.15) is 4.31 Å². The predicted molar refractivity (Wildman–Crippen MR) is 111 cm³/mol. The molecule has 0 spiro atoms. The third-order valence-corrected chi connectivity index (χ3v) is 8.07. The molecule has 0 aliphatic carbocycles. The van der Waals surface area contributed by atoms with Crippen molar-refractivity contribution in [3.05, 3.63) is 54.4 Å². The van der Waals surface area contributed by atoms with E-state index in [4.69, 9.17) is 0 Å². The molecule has 0 aliphatic rings. The van der Waals surface area contributed by atoms with Gasteiger partial charge >= 0.3 is 0 Å². The van der Waals surface area contributed by atoms with Gasteiger partial charge in [0.05, 0.1) is 21.2 Å². The number of anilines is 1. The molecule has 1 N–H and O–H groups in total. The first-order chi connectivity index (χ1) is 14.2. The first kappa shape index (κ1) is 21.9. The van der Waals surface area contributed by atoms with E-state index in [0.29, 0.717) is 30.0 Å². The van der Waals surface area contributed by atoms with Crippen molar-refractivity contribution in [3.63, 3.8) is 0 Å². The Bertz CT molecular complexity index is 1220. The third-order valence-electron chi connectivity index (χ3n) is 4.62. The minimum absolute atomic E-state index is 0.0435. The van der Waals surface area contributed by atoms with E-state index < -0.39 is 20.0 Å². The summed E-state index contributed by atoms with van der Waals surface area (Å²) >= 11 is 0. The predicted octanol–water partition coefficient (Wildman–Crippen LogP) is 1.80. The van der Waals surface area contributed by atoms with Crippen molar-refractivity contribution in [2.24, 2.45) is 0 Å². The first-order valence-electron chi connectivity index (χ1n) is 9.16. The SMILES string of the molecule is CCN(CC)S(=O)(=O)c1ccc(S(=O)(=O)Nc2cccc(-n3cnnn3)c2C)cc1. The Morgan fingerprint density at radius 1 is 0.967 bits per heavy atom. The van der Waals surface area contributed by atoms with Gasteiger partial charge in [0.2, 0.25) is 10.0 Å². The molecular formula is C18H22N6O4S2. The molecule has 0 bridgehead atoms. The summed E-state index contributed by atoms with van der Waals surface area (Å²) in [6, 6.07) is 10.2. The maximum absolute atomic E-state index is 12.8. The van der Waals surface area contributed by atoms with Gasteiger partial charge in [-0.05, 0) is 59.3 Å². The lowest BCUT2D eigenvalue weighted by Gasteiger charge is -2.18. The van der Waals surface area contributed by atoms with Crippen LogP contribution in [0.25, 0.3) is 5.69 Å². The van der Waals surface area contributed by atoms with Gasteiger partial charge in [0.15, 0.2) is 0 Å². The molecule has 3 rings (SSSR count). The lowest BCUT2D eigenvalue weighted by atomic mass is 10.1. The lowest BCUT2D eigenvalue weighted by molar-refractivity contribution is 0.445. The normalized spacial score (nSPS) is 12.3. The molecule has 1 aromatic heterocycles. The van der Waals surface area contributed by atoms with E-state index in [-0.39, 0.29) is 9.79 Å². The molecule has 0 amide bonds. The second-order valence-corrected chi connectivity index (χ2v) is 9.99. The fourth-order valence-corrected chi connectivity index (χ4v) is 5.54. The fraction of sp³-hybridized carbons (Fsp3) is 0.278. The smallest absolute Gasteiger partial charge is 0.261 e. The van der Waals surface area contributed by atoms with Gasteiger partial charge in [0.1, 0.15) is 6.33 Å². The summed E-state index contributed by atoms with van der Waals surface area (Å²) in [5, 5.41) is 11.0. The Hall–Kier alpha value is -2.83. The number of nitrogens with one attached hydrogen (secondary N) is 1. The van der Waals surface area contributed by atoms with Crippen LogP contribution in [-0.2, 0) is 20.0 Å². The van der Waals surface area contributed by atoms with Crippen LogP contribution >= 0.6 is 0 Å². The van der Waals surface area contributed by atoms with Crippen LogP contribution in [0.1, 0.15) is 19.4 Å². The molecule has 0 saturated heterocycles. The van der Waals surface area contributed by atoms with Crippen molar-refractivity contribution in [1.82, 2.24) is 24.5 Å². The van der Waals surface area contributed by atoms with Crippen LogP contribution in [-0.4, -0.2) is 54.4 Å². The van der Waals surface area contributed by atoms with E-state index in [2.05, 4.69) is 20.2 Å². The summed E-state index contributed by atoms with van der Waals surface area (Å²) < 4.78 is 56.1. The van der Waals surface area contributed by atoms with E-state index in [0.717, 1.165) is 0 Å². The summed E-state index contributed by atoms with van der Waals surface area (Å²) in [5.74, 6) is 0. The van der Waals surface area contributed by atoms with Crippen molar-refractivity contribution >= 4 is 25.7 Å². The second-order valence-electron chi connectivity index (χ2n) is 6.37. The molecule has 30 heavy (non-hydrogen) atoms. The van der Waals surface area contributed by atoms with E-state index in [1.54, 1.807) is 39.0 Å². The maximum atomic E-state index is 12.8. The molecule has 160 valence electrons. The van der Waals surface area contributed by atoms with Gasteiger partial charge in [-0.1, -0.05) is 19.9 Å². The number of hydrogen-bond donors (Lipinski definition) is 1. The highest BCUT2D eigenvalue weighted by Crippen LogP contribution is 2.25. The van der Waals surface area contributed by atoms with Gasteiger partial charge in [-0.15, -0.1) is 5.10 Å². The Morgan fingerprint density at radius 3 is 2.17 bits per heavy atom. The van der Waals surface area contributed by atoms with Crippen LogP contribution in [0, 0.1) is 6.92 Å². The summed E-state index contributed by atoms with van der Waals surface area (Å²) in [7, 11) is -7.60. The van der Waals surface area contributed by atoms with Crippen molar-refractivity contribution in [2.45, 2.75) is 30.6 Å². The number of aromatic nitrogens is 4. The highest BCUT2D eigenvalue weighted by Gasteiger charge is 2.23. The molecule has 1 heterocycles. The summed E-state index contributed by atoms with van der Waals surface area (Å²) in [6.45, 7) is 5.90. The highest BCUT2D eigenvalue weighted by molar-refractivity contribution is 7.92. The van der Waals surface area contributed by atoms with Crippen LogP contribution in [0.5, 0.6) is 0 Å². The zero-order valence-electron chi connectivity index (χ0n) is 16.7. The zero-order chi connectivity index (χ0) is 21.9. The van der Waals surface area contributed by atoms with Crippen molar-refractivity contribution < 1.29 is 16.8 Å². The average Bonchev–Trinajstić information content (AvgIpc) is 3.25. The number of benzene rings is 2. The van der Waals surface area contributed by atoms with E-state index >= 15 is 0 Å². The van der Waals surface area contributed by atoms with Gasteiger partial charge in [-0.25, -0.2) is 21.5 Å². The number of nitrogens with zero attached hydrogens (tertiary/aromatic N) is 5. The van der Waals surface area contributed by atoms with Crippen LogP contribution in [0.4, 0.5) is 5.69 Å². The standard InChI is InChI=1S/C18H22N6O4S2/c1-4-23(5-2)30(27,28)16-11-9-15(10-12-16)29(25,26)20-17-7-6-8-18(14(17)3)24-13-19-21-22-24/h6-13,20H,4-5H2,1-3H3. The maximum Gasteiger partial charge on any atom is 0.261 e. The molecule has 0 unspecified atom stereocenters. The molecule has 0 fully saturated rings. The number of hydrogen-bond acceptors (Lipinski definition) is 7. The van der Waals surface area contributed by atoms with Crippen LogP contribution in [0.3, 0.4) is 0 Å². The summed E-state index contributed by atoms with van der Waals surface area (Å²) in [4.78, 5) is -0.00441. The van der Waals surface area contributed by atoms with Crippen LogP contribution in [0.2, 0.25) is 0 Å². The minimum Gasteiger partial charge on any atom is -0.279 e. The van der Waals surface area contributed by atoms with Gasteiger partial charge in [0.25, 0.3) is 10.0 Å². The molecular weight excluding hydrogens is 428 g/mol. The fourth-order valence-electron chi connectivity index (χ4n) is 2.96. The third kappa shape index (κ3) is 4.20. The lowest BCUT2D eigenvalue weighted by Crippen LogP contribution is -2.30. The molecule has 10 nitrogen and oxygen atoms in total. The van der Waals surface area contributed by atoms with Crippen LogP contribution in [0.15, 0.2) is 58.6 Å². The Morgan fingerprint density at radius 2 is 1.60 bits per heavy atom. The molecule has 12 heteroatoms. The number of tetrazole rings is 1. The first-order valence-corrected chi connectivity index (χ1v) is 12.1.